The molecule has 0 fully saturated rings. The molecule has 0 aliphatic rings. The number of nitrogens with zero attached hydrogens (tertiary/aromatic N) is 1. The summed E-state index contributed by atoms with van der Waals surface area (Å²) in [6, 6.07) is 10.2. The van der Waals surface area contributed by atoms with Crippen molar-refractivity contribution < 1.29 is 0 Å². The highest BCUT2D eigenvalue weighted by Gasteiger charge is 2.05. The van der Waals surface area contributed by atoms with Crippen molar-refractivity contribution in [2.75, 3.05) is 6.54 Å². The van der Waals surface area contributed by atoms with E-state index >= 15 is 0 Å². The maximum absolute atomic E-state index is 4.09. The molecule has 3 heteroatoms. The molecule has 2 aromatic rings. The summed E-state index contributed by atoms with van der Waals surface area (Å²) >= 11 is 0. The van der Waals surface area contributed by atoms with Crippen LogP contribution in [-0.2, 0) is 6.54 Å². The highest BCUT2D eigenvalue weighted by Crippen LogP contribution is 2.20. The summed E-state index contributed by atoms with van der Waals surface area (Å²) in [5, 5.41) is 10.4. The Morgan fingerprint density at radius 1 is 1.31 bits per heavy atom. The van der Waals surface area contributed by atoms with E-state index in [0.717, 1.165) is 24.3 Å². The number of aromatic nitrogens is 2. The second-order valence-corrected chi connectivity index (χ2v) is 3.56. The number of hydrogen-bond acceptors (Lipinski definition) is 2. The lowest BCUT2D eigenvalue weighted by Crippen LogP contribution is -2.12. The molecule has 0 unspecified atom stereocenters. The molecule has 0 aliphatic carbocycles. The van der Waals surface area contributed by atoms with Gasteiger partial charge in [-0.25, -0.2) is 0 Å². The largest absolute Gasteiger partial charge is 0.309 e. The highest BCUT2D eigenvalue weighted by atomic mass is 15.1. The van der Waals surface area contributed by atoms with Crippen LogP contribution in [0.1, 0.15) is 5.56 Å². The summed E-state index contributed by atoms with van der Waals surface area (Å²) in [5.74, 6) is 0. The molecule has 1 aromatic heterocycles. The Morgan fingerprint density at radius 2 is 2.12 bits per heavy atom. The lowest BCUT2D eigenvalue weighted by molar-refractivity contribution is 0.762. The quantitative estimate of drug-likeness (QED) is 0.591. The zero-order chi connectivity index (χ0) is 11.2. The van der Waals surface area contributed by atoms with Crippen LogP contribution in [0.5, 0.6) is 0 Å². The first kappa shape index (κ1) is 10.6. The van der Waals surface area contributed by atoms with Gasteiger partial charge in [0.25, 0.3) is 0 Å². The van der Waals surface area contributed by atoms with Gasteiger partial charge in [0, 0.05) is 18.7 Å². The summed E-state index contributed by atoms with van der Waals surface area (Å²) in [7, 11) is 0. The molecular formula is C13H15N3. The van der Waals surface area contributed by atoms with Crippen molar-refractivity contribution in [2.45, 2.75) is 6.54 Å². The van der Waals surface area contributed by atoms with Crippen LogP contribution in [0, 0.1) is 0 Å². The highest BCUT2D eigenvalue weighted by molar-refractivity contribution is 5.62. The molecule has 2 rings (SSSR count). The summed E-state index contributed by atoms with van der Waals surface area (Å²) in [4.78, 5) is 0. The van der Waals surface area contributed by atoms with Gasteiger partial charge in [-0.05, 0) is 5.56 Å². The number of rotatable bonds is 5. The fraction of sp³-hybridized carbons (Fsp3) is 0.154. The van der Waals surface area contributed by atoms with E-state index in [1.807, 2.05) is 30.5 Å². The Morgan fingerprint density at radius 3 is 2.88 bits per heavy atom. The fourth-order valence-corrected chi connectivity index (χ4v) is 1.61. The molecule has 0 saturated heterocycles. The number of hydrogen-bond donors (Lipinski definition) is 2. The van der Waals surface area contributed by atoms with Crippen molar-refractivity contribution >= 4 is 0 Å². The molecule has 2 N–H and O–H groups in total. The van der Waals surface area contributed by atoms with Crippen molar-refractivity contribution in [3.8, 4) is 11.3 Å². The molecule has 16 heavy (non-hydrogen) atoms. The summed E-state index contributed by atoms with van der Waals surface area (Å²) in [6.45, 7) is 5.28. The van der Waals surface area contributed by atoms with Gasteiger partial charge in [-0.1, -0.05) is 36.4 Å². The Kier molecular flexibility index (Phi) is 3.51. The predicted molar refractivity (Wildman–Crippen MR) is 65.9 cm³/mol. The van der Waals surface area contributed by atoms with Crippen LogP contribution in [0.4, 0.5) is 0 Å². The maximum atomic E-state index is 4.09. The van der Waals surface area contributed by atoms with E-state index < -0.39 is 0 Å². The predicted octanol–water partition coefficient (Wildman–Crippen LogP) is 2.35. The molecule has 0 amide bonds. The Balaban J connectivity index is 2.16. The van der Waals surface area contributed by atoms with Gasteiger partial charge in [0.15, 0.2) is 0 Å². The first-order valence-electron chi connectivity index (χ1n) is 5.31. The summed E-state index contributed by atoms with van der Waals surface area (Å²) in [6.07, 6.45) is 3.71. The maximum Gasteiger partial charge on any atom is 0.0695 e. The van der Waals surface area contributed by atoms with Gasteiger partial charge in [-0.3, -0.25) is 5.10 Å². The average Bonchev–Trinajstić information content (AvgIpc) is 2.79. The van der Waals surface area contributed by atoms with Crippen LogP contribution in [0.2, 0.25) is 0 Å². The molecule has 82 valence electrons. The lowest BCUT2D eigenvalue weighted by atomic mass is 10.1. The lowest BCUT2D eigenvalue weighted by Gasteiger charge is -2.03. The van der Waals surface area contributed by atoms with E-state index in [0.29, 0.717) is 0 Å². The fourth-order valence-electron chi connectivity index (χ4n) is 1.61. The van der Waals surface area contributed by atoms with Gasteiger partial charge in [-0.15, -0.1) is 6.58 Å². The Hall–Kier alpha value is -1.87. The molecule has 0 atom stereocenters. The van der Waals surface area contributed by atoms with Gasteiger partial charge in [0.2, 0.25) is 0 Å². The van der Waals surface area contributed by atoms with Gasteiger partial charge in [-0.2, -0.15) is 5.10 Å². The molecule has 1 heterocycles. The normalized spacial score (nSPS) is 10.2. The van der Waals surface area contributed by atoms with E-state index in [-0.39, 0.29) is 0 Å². The SMILES string of the molecule is C=CCNCc1cn[nH]c1-c1ccccc1. The first-order chi connectivity index (χ1) is 7.92. The van der Waals surface area contributed by atoms with Crippen molar-refractivity contribution in [1.82, 2.24) is 15.5 Å². The molecule has 1 aromatic carbocycles. The molecular weight excluding hydrogens is 198 g/mol. The van der Waals surface area contributed by atoms with Crippen molar-refractivity contribution in [3.05, 3.63) is 54.7 Å². The van der Waals surface area contributed by atoms with Crippen LogP contribution in [0.3, 0.4) is 0 Å². The smallest absolute Gasteiger partial charge is 0.0695 e. The minimum absolute atomic E-state index is 0.798. The number of aromatic amines is 1. The first-order valence-corrected chi connectivity index (χ1v) is 5.31. The van der Waals surface area contributed by atoms with Crippen LogP contribution in [0.15, 0.2) is 49.2 Å². The average molecular weight is 213 g/mol. The number of benzene rings is 1. The van der Waals surface area contributed by atoms with E-state index in [1.165, 1.54) is 5.56 Å². The molecule has 0 spiro atoms. The summed E-state index contributed by atoms with van der Waals surface area (Å²) in [5.41, 5.74) is 3.42. The number of H-pyrrole nitrogens is 1. The Labute approximate surface area is 95.2 Å². The third-order valence-corrected chi connectivity index (χ3v) is 2.38. The van der Waals surface area contributed by atoms with Crippen LogP contribution < -0.4 is 5.32 Å². The van der Waals surface area contributed by atoms with Crippen LogP contribution in [0.25, 0.3) is 11.3 Å². The van der Waals surface area contributed by atoms with E-state index in [2.05, 4.69) is 34.2 Å². The second kappa shape index (κ2) is 5.28. The Bertz CT molecular complexity index is 445. The third-order valence-electron chi connectivity index (χ3n) is 2.38. The van der Waals surface area contributed by atoms with Crippen molar-refractivity contribution in [2.24, 2.45) is 0 Å². The van der Waals surface area contributed by atoms with Crippen molar-refractivity contribution in [3.63, 3.8) is 0 Å². The van der Waals surface area contributed by atoms with Crippen LogP contribution >= 0.6 is 0 Å². The van der Waals surface area contributed by atoms with Crippen LogP contribution in [-0.4, -0.2) is 16.7 Å². The minimum Gasteiger partial charge on any atom is -0.309 e. The second-order valence-electron chi connectivity index (χ2n) is 3.56. The van der Waals surface area contributed by atoms with E-state index in [4.69, 9.17) is 0 Å². The zero-order valence-electron chi connectivity index (χ0n) is 9.11. The van der Waals surface area contributed by atoms with Gasteiger partial charge in [0.1, 0.15) is 0 Å². The topological polar surface area (TPSA) is 40.7 Å². The van der Waals surface area contributed by atoms with Gasteiger partial charge < -0.3 is 5.32 Å². The molecule has 3 nitrogen and oxygen atoms in total. The molecule has 0 aliphatic heterocycles. The molecule has 0 saturated carbocycles. The van der Waals surface area contributed by atoms with E-state index in [9.17, 15) is 0 Å². The van der Waals surface area contributed by atoms with Gasteiger partial charge >= 0.3 is 0 Å². The van der Waals surface area contributed by atoms with Gasteiger partial charge in [0.05, 0.1) is 11.9 Å². The third kappa shape index (κ3) is 2.38. The van der Waals surface area contributed by atoms with Crippen molar-refractivity contribution in [1.29, 1.82) is 0 Å². The minimum atomic E-state index is 0.798. The zero-order valence-corrected chi connectivity index (χ0v) is 9.11. The molecule has 0 bridgehead atoms. The monoisotopic (exact) mass is 213 g/mol. The summed E-state index contributed by atoms with van der Waals surface area (Å²) < 4.78 is 0. The molecule has 0 radical (unpaired) electrons. The van der Waals surface area contributed by atoms with E-state index in [1.54, 1.807) is 0 Å². The standard InChI is InChI=1S/C13H15N3/c1-2-8-14-9-12-10-15-16-13(12)11-6-4-3-5-7-11/h2-7,10,14H,1,8-9H2,(H,15,16). The number of nitrogens with one attached hydrogen (secondary N) is 2.